The molecule has 4 heteroatoms. The topological polar surface area (TPSA) is 24.9 Å². The number of pyridine rings is 1. The van der Waals surface area contributed by atoms with Gasteiger partial charge in [-0.25, -0.2) is 0 Å². The maximum Gasteiger partial charge on any atom is 0.0756 e. The minimum Gasteiger partial charge on any atom is -0.387 e. The van der Waals surface area contributed by atoms with E-state index in [1.165, 1.54) is 5.56 Å². The standard InChI is InChI=1S/C13H14Cl2N2/c1-4-9-7(2)17-11-6-8(14)5-10(15)12(11)13(9)16-3/h5-6H,4H2,1-3H3,(H,16,17). The number of fused-ring (bicyclic) bond motifs is 1. The van der Waals surface area contributed by atoms with Crippen LogP contribution in [0.2, 0.25) is 10.0 Å². The smallest absolute Gasteiger partial charge is 0.0756 e. The van der Waals surface area contributed by atoms with Crippen LogP contribution in [0.15, 0.2) is 12.1 Å². The van der Waals surface area contributed by atoms with Crippen molar-refractivity contribution in [1.82, 2.24) is 4.98 Å². The van der Waals surface area contributed by atoms with E-state index in [2.05, 4.69) is 17.2 Å². The Morgan fingerprint density at radius 3 is 2.59 bits per heavy atom. The number of rotatable bonds is 2. The molecule has 1 N–H and O–H groups in total. The lowest BCUT2D eigenvalue weighted by atomic mass is 10.0. The van der Waals surface area contributed by atoms with Crippen molar-refractivity contribution in [3.63, 3.8) is 0 Å². The number of benzene rings is 1. The molecule has 1 aromatic heterocycles. The van der Waals surface area contributed by atoms with Crippen LogP contribution in [0, 0.1) is 6.92 Å². The van der Waals surface area contributed by atoms with Gasteiger partial charge in [0.1, 0.15) is 0 Å². The summed E-state index contributed by atoms with van der Waals surface area (Å²) in [7, 11) is 1.90. The molecule has 0 bridgehead atoms. The highest BCUT2D eigenvalue weighted by molar-refractivity contribution is 6.39. The predicted octanol–water partition coefficient (Wildman–Crippen LogP) is 4.45. The van der Waals surface area contributed by atoms with Gasteiger partial charge in [-0.05, 0) is 31.0 Å². The Bertz CT molecular complexity index is 579. The van der Waals surface area contributed by atoms with Gasteiger partial charge in [0.2, 0.25) is 0 Å². The van der Waals surface area contributed by atoms with Crippen molar-refractivity contribution < 1.29 is 0 Å². The summed E-state index contributed by atoms with van der Waals surface area (Å²) in [6, 6.07) is 3.60. The summed E-state index contributed by atoms with van der Waals surface area (Å²) in [6.45, 7) is 4.12. The lowest BCUT2D eigenvalue weighted by Crippen LogP contribution is -2.01. The minimum atomic E-state index is 0.612. The first-order chi connectivity index (χ1) is 8.08. The van der Waals surface area contributed by atoms with Gasteiger partial charge in [0, 0.05) is 28.8 Å². The molecule has 1 heterocycles. The second-order valence-electron chi connectivity index (χ2n) is 3.94. The molecule has 17 heavy (non-hydrogen) atoms. The van der Waals surface area contributed by atoms with Crippen molar-refractivity contribution in [2.45, 2.75) is 20.3 Å². The van der Waals surface area contributed by atoms with Gasteiger partial charge in [0.05, 0.1) is 10.5 Å². The Balaban J connectivity index is 2.94. The first kappa shape index (κ1) is 12.5. The second-order valence-corrected chi connectivity index (χ2v) is 4.78. The molecule has 0 aliphatic heterocycles. The Kier molecular flexibility index (Phi) is 3.45. The third-order valence-electron chi connectivity index (χ3n) is 2.91. The molecule has 2 nitrogen and oxygen atoms in total. The molecular weight excluding hydrogens is 255 g/mol. The SMILES string of the molecule is CCc1c(C)nc2cc(Cl)cc(Cl)c2c1NC. The van der Waals surface area contributed by atoms with Gasteiger partial charge in [-0.1, -0.05) is 30.1 Å². The van der Waals surface area contributed by atoms with Crippen LogP contribution in [0.1, 0.15) is 18.2 Å². The molecule has 0 unspecified atom stereocenters. The van der Waals surface area contributed by atoms with Crippen LogP contribution in [0.25, 0.3) is 10.9 Å². The van der Waals surface area contributed by atoms with Crippen molar-refractivity contribution in [2.75, 3.05) is 12.4 Å². The molecule has 0 radical (unpaired) electrons. The number of anilines is 1. The third kappa shape index (κ3) is 2.07. The third-order valence-corrected chi connectivity index (χ3v) is 3.43. The number of aromatic nitrogens is 1. The fraction of sp³-hybridized carbons (Fsp3) is 0.308. The quantitative estimate of drug-likeness (QED) is 0.870. The van der Waals surface area contributed by atoms with Crippen LogP contribution >= 0.6 is 23.2 Å². The maximum absolute atomic E-state index is 6.26. The molecule has 1 aromatic carbocycles. The van der Waals surface area contributed by atoms with Gasteiger partial charge in [-0.3, -0.25) is 4.98 Å². The fourth-order valence-electron chi connectivity index (χ4n) is 2.18. The minimum absolute atomic E-state index is 0.612. The van der Waals surface area contributed by atoms with Crippen LogP contribution in [0.5, 0.6) is 0 Å². The van der Waals surface area contributed by atoms with Crippen molar-refractivity contribution in [3.05, 3.63) is 33.4 Å². The fourth-order valence-corrected chi connectivity index (χ4v) is 2.76. The number of hydrogen-bond acceptors (Lipinski definition) is 2. The van der Waals surface area contributed by atoms with E-state index < -0.39 is 0 Å². The molecule has 0 atom stereocenters. The molecule has 2 rings (SSSR count). The van der Waals surface area contributed by atoms with Gasteiger partial charge in [0.25, 0.3) is 0 Å². The molecule has 0 aliphatic carbocycles. The average Bonchev–Trinajstić information content (AvgIpc) is 2.26. The molecule has 2 aromatic rings. The number of nitrogens with zero attached hydrogens (tertiary/aromatic N) is 1. The van der Waals surface area contributed by atoms with E-state index in [9.17, 15) is 0 Å². The van der Waals surface area contributed by atoms with Crippen molar-refractivity contribution in [3.8, 4) is 0 Å². The van der Waals surface area contributed by atoms with E-state index in [-0.39, 0.29) is 0 Å². The lowest BCUT2D eigenvalue weighted by molar-refractivity contribution is 1.07. The summed E-state index contributed by atoms with van der Waals surface area (Å²) < 4.78 is 0. The second kappa shape index (κ2) is 4.71. The van der Waals surface area contributed by atoms with Gasteiger partial charge in [-0.15, -0.1) is 0 Å². The van der Waals surface area contributed by atoms with Gasteiger partial charge in [-0.2, -0.15) is 0 Å². The zero-order valence-corrected chi connectivity index (χ0v) is 11.6. The molecule has 0 amide bonds. The summed E-state index contributed by atoms with van der Waals surface area (Å²) in [5.74, 6) is 0. The molecule has 0 fully saturated rings. The van der Waals surface area contributed by atoms with E-state index in [0.717, 1.165) is 28.7 Å². The first-order valence-corrected chi connectivity index (χ1v) is 6.30. The van der Waals surface area contributed by atoms with Crippen LogP contribution < -0.4 is 5.32 Å². The first-order valence-electron chi connectivity index (χ1n) is 5.54. The van der Waals surface area contributed by atoms with Crippen LogP contribution in [0.4, 0.5) is 5.69 Å². The Hall–Kier alpha value is -0.990. The predicted molar refractivity (Wildman–Crippen MR) is 75.4 cm³/mol. The highest BCUT2D eigenvalue weighted by Crippen LogP contribution is 2.35. The molecule has 90 valence electrons. The highest BCUT2D eigenvalue weighted by atomic mass is 35.5. The maximum atomic E-state index is 6.26. The zero-order valence-electron chi connectivity index (χ0n) is 10.1. The molecule has 0 saturated carbocycles. The summed E-state index contributed by atoms with van der Waals surface area (Å²) in [5, 5.41) is 5.42. The van der Waals surface area contributed by atoms with Crippen molar-refractivity contribution in [1.29, 1.82) is 0 Å². The number of halogens is 2. The largest absolute Gasteiger partial charge is 0.387 e. The molecule has 0 saturated heterocycles. The molecular formula is C13H14Cl2N2. The molecule has 0 aliphatic rings. The monoisotopic (exact) mass is 268 g/mol. The number of hydrogen-bond donors (Lipinski definition) is 1. The number of aryl methyl sites for hydroxylation is 1. The van der Waals surface area contributed by atoms with Crippen LogP contribution in [0.3, 0.4) is 0 Å². The van der Waals surface area contributed by atoms with E-state index in [1.54, 1.807) is 6.07 Å². The summed E-state index contributed by atoms with van der Waals surface area (Å²) in [6.07, 6.45) is 0.921. The Morgan fingerprint density at radius 1 is 1.29 bits per heavy atom. The van der Waals surface area contributed by atoms with Gasteiger partial charge >= 0.3 is 0 Å². The van der Waals surface area contributed by atoms with E-state index in [1.807, 2.05) is 20.0 Å². The van der Waals surface area contributed by atoms with Crippen molar-refractivity contribution in [2.24, 2.45) is 0 Å². The van der Waals surface area contributed by atoms with E-state index in [4.69, 9.17) is 23.2 Å². The Labute approximate surface area is 111 Å². The zero-order chi connectivity index (χ0) is 12.6. The van der Waals surface area contributed by atoms with E-state index >= 15 is 0 Å². The van der Waals surface area contributed by atoms with Gasteiger partial charge in [0.15, 0.2) is 0 Å². The van der Waals surface area contributed by atoms with Crippen LogP contribution in [-0.2, 0) is 6.42 Å². The summed E-state index contributed by atoms with van der Waals surface area (Å²) in [4.78, 5) is 4.57. The number of nitrogens with one attached hydrogen (secondary N) is 1. The summed E-state index contributed by atoms with van der Waals surface area (Å²) in [5.41, 5.74) is 4.10. The van der Waals surface area contributed by atoms with Crippen LogP contribution in [-0.4, -0.2) is 12.0 Å². The molecule has 0 spiro atoms. The van der Waals surface area contributed by atoms with E-state index in [0.29, 0.717) is 10.0 Å². The average molecular weight is 269 g/mol. The normalized spacial score (nSPS) is 10.9. The summed E-state index contributed by atoms with van der Waals surface area (Å²) >= 11 is 12.3. The Morgan fingerprint density at radius 2 is 2.00 bits per heavy atom. The van der Waals surface area contributed by atoms with Crippen molar-refractivity contribution >= 4 is 39.8 Å². The highest BCUT2D eigenvalue weighted by Gasteiger charge is 2.13. The van der Waals surface area contributed by atoms with Gasteiger partial charge < -0.3 is 5.32 Å². The lowest BCUT2D eigenvalue weighted by Gasteiger charge is -2.15.